The predicted molar refractivity (Wildman–Crippen MR) is 73.1 cm³/mol. The molecule has 1 aromatic rings. The number of rotatable bonds is 6. The molecule has 2 nitrogen and oxygen atoms in total. The summed E-state index contributed by atoms with van der Waals surface area (Å²) in [6, 6.07) is 6.54. The summed E-state index contributed by atoms with van der Waals surface area (Å²) in [5.74, 6) is 0. The second-order valence-corrected chi connectivity index (χ2v) is 4.88. The molecule has 1 aromatic carbocycles. The Balaban J connectivity index is 2.71. The molecule has 0 saturated heterocycles. The van der Waals surface area contributed by atoms with Gasteiger partial charge in [0, 0.05) is 6.54 Å². The van der Waals surface area contributed by atoms with E-state index in [1.807, 2.05) is 0 Å². The van der Waals surface area contributed by atoms with Gasteiger partial charge < -0.3 is 10.5 Å². The molecule has 0 aliphatic heterocycles. The van der Waals surface area contributed by atoms with Crippen molar-refractivity contribution in [3.8, 4) is 0 Å². The molecule has 17 heavy (non-hydrogen) atoms. The Bertz CT molecular complexity index is 327. The van der Waals surface area contributed by atoms with Crippen LogP contribution in [-0.2, 0) is 11.3 Å². The van der Waals surface area contributed by atoms with Gasteiger partial charge in [-0.25, -0.2) is 0 Å². The van der Waals surface area contributed by atoms with Gasteiger partial charge in [-0.1, -0.05) is 43.2 Å². The summed E-state index contributed by atoms with van der Waals surface area (Å²) in [7, 11) is 0. The van der Waals surface area contributed by atoms with E-state index < -0.39 is 0 Å². The zero-order valence-electron chi connectivity index (χ0n) is 11.5. The van der Waals surface area contributed by atoms with Gasteiger partial charge in [-0.2, -0.15) is 0 Å². The van der Waals surface area contributed by atoms with Crippen LogP contribution in [-0.4, -0.2) is 12.1 Å². The summed E-state index contributed by atoms with van der Waals surface area (Å²) in [6.45, 7) is 9.75. The second kappa shape index (κ2) is 6.18. The highest BCUT2D eigenvalue weighted by molar-refractivity contribution is 5.28. The van der Waals surface area contributed by atoms with Gasteiger partial charge in [0.15, 0.2) is 0 Å². The molecule has 0 aliphatic carbocycles. The maximum absolute atomic E-state index is 6.05. The smallest absolute Gasteiger partial charge is 0.0803 e. The van der Waals surface area contributed by atoms with Crippen LogP contribution in [0.5, 0.6) is 0 Å². The first-order valence-electron chi connectivity index (χ1n) is 6.46. The first-order valence-corrected chi connectivity index (χ1v) is 6.46. The molecule has 0 saturated carbocycles. The molecule has 0 aliphatic rings. The van der Waals surface area contributed by atoms with Crippen molar-refractivity contribution in [2.24, 2.45) is 5.73 Å². The van der Waals surface area contributed by atoms with E-state index in [9.17, 15) is 0 Å². The van der Waals surface area contributed by atoms with Crippen LogP contribution in [0.15, 0.2) is 18.2 Å². The molecular formula is C15H25NO. The van der Waals surface area contributed by atoms with E-state index in [1.54, 1.807) is 0 Å². The Morgan fingerprint density at radius 2 is 1.59 bits per heavy atom. The summed E-state index contributed by atoms with van der Waals surface area (Å²) in [6.07, 6.45) is 1.93. The van der Waals surface area contributed by atoms with Crippen LogP contribution in [0.25, 0.3) is 0 Å². The van der Waals surface area contributed by atoms with Gasteiger partial charge >= 0.3 is 0 Å². The quantitative estimate of drug-likeness (QED) is 0.820. The van der Waals surface area contributed by atoms with Crippen molar-refractivity contribution in [1.29, 1.82) is 0 Å². The number of nitrogens with two attached hydrogens (primary N) is 1. The predicted octanol–water partition coefficient (Wildman–Crippen LogP) is 3.34. The summed E-state index contributed by atoms with van der Waals surface area (Å²) < 4.78 is 6.05. The van der Waals surface area contributed by atoms with E-state index >= 15 is 0 Å². The average Bonchev–Trinajstić information content (AvgIpc) is 2.30. The Hall–Kier alpha value is -0.860. The Kier molecular flexibility index (Phi) is 5.16. The molecular weight excluding hydrogens is 210 g/mol. The first kappa shape index (κ1) is 14.2. The SMILES string of the molecule is CCC(CC)(CN)OCc1cc(C)cc(C)c1. The lowest BCUT2D eigenvalue weighted by atomic mass is 9.97. The van der Waals surface area contributed by atoms with E-state index in [-0.39, 0.29) is 5.60 Å². The molecule has 0 amide bonds. The zero-order chi connectivity index (χ0) is 12.9. The van der Waals surface area contributed by atoms with Gasteiger partial charge in [0.25, 0.3) is 0 Å². The Labute approximate surface area is 105 Å². The third-order valence-corrected chi connectivity index (χ3v) is 3.49. The minimum absolute atomic E-state index is 0.155. The fraction of sp³-hybridized carbons (Fsp3) is 0.600. The van der Waals surface area contributed by atoms with E-state index in [0.29, 0.717) is 13.2 Å². The molecule has 0 unspecified atom stereocenters. The van der Waals surface area contributed by atoms with Gasteiger partial charge in [-0.05, 0) is 32.3 Å². The lowest BCUT2D eigenvalue weighted by Gasteiger charge is -2.30. The van der Waals surface area contributed by atoms with Crippen LogP contribution in [0.3, 0.4) is 0 Å². The number of hydrogen-bond acceptors (Lipinski definition) is 2. The van der Waals surface area contributed by atoms with E-state index in [4.69, 9.17) is 10.5 Å². The van der Waals surface area contributed by atoms with Crippen LogP contribution < -0.4 is 5.73 Å². The molecule has 0 aromatic heterocycles. The second-order valence-electron chi connectivity index (χ2n) is 4.88. The largest absolute Gasteiger partial charge is 0.369 e. The third-order valence-electron chi connectivity index (χ3n) is 3.49. The molecule has 2 N–H and O–H groups in total. The maximum Gasteiger partial charge on any atom is 0.0803 e. The topological polar surface area (TPSA) is 35.2 Å². The molecule has 0 fully saturated rings. The molecule has 0 atom stereocenters. The molecule has 0 spiro atoms. The van der Waals surface area contributed by atoms with E-state index in [2.05, 4.69) is 45.9 Å². The van der Waals surface area contributed by atoms with Crippen molar-refractivity contribution in [2.45, 2.75) is 52.7 Å². The van der Waals surface area contributed by atoms with Crippen LogP contribution in [0.4, 0.5) is 0 Å². The van der Waals surface area contributed by atoms with Crippen molar-refractivity contribution in [3.05, 3.63) is 34.9 Å². The third kappa shape index (κ3) is 3.83. The van der Waals surface area contributed by atoms with Crippen LogP contribution in [0.1, 0.15) is 43.4 Å². The summed E-state index contributed by atoms with van der Waals surface area (Å²) >= 11 is 0. The van der Waals surface area contributed by atoms with Crippen LogP contribution >= 0.6 is 0 Å². The number of benzene rings is 1. The zero-order valence-corrected chi connectivity index (χ0v) is 11.5. The molecule has 96 valence electrons. The van der Waals surface area contributed by atoms with Gasteiger partial charge in [0.1, 0.15) is 0 Å². The number of hydrogen-bond donors (Lipinski definition) is 1. The van der Waals surface area contributed by atoms with E-state index in [0.717, 1.165) is 12.8 Å². The van der Waals surface area contributed by atoms with Crippen molar-refractivity contribution in [2.75, 3.05) is 6.54 Å². The van der Waals surface area contributed by atoms with Gasteiger partial charge in [0.05, 0.1) is 12.2 Å². The van der Waals surface area contributed by atoms with Crippen molar-refractivity contribution in [3.63, 3.8) is 0 Å². The van der Waals surface area contributed by atoms with Crippen molar-refractivity contribution >= 4 is 0 Å². The normalized spacial score (nSPS) is 11.8. The minimum atomic E-state index is -0.155. The number of ether oxygens (including phenoxy) is 1. The highest BCUT2D eigenvalue weighted by Crippen LogP contribution is 2.21. The van der Waals surface area contributed by atoms with Gasteiger partial charge in [0.2, 0.25) is 0 Å². The summed E-state index contributed by atoms with van der Waals surface area (Å²) in [5, 5.41) is 0. The molecule has 0 bridgehead atoms. The van der Waals surface area contributed by atoms with Crippen LogP contribution in [0, 0.1) is 13.8 Å². The molecule has 0 heterocycles. The average molecular weight is 235 g/mol. The maximum atomic E-state index is 6.05. The fourth-order valence-corrected chi connectivity index (χ4v) is 2.19. The highest BCUT2D eigenvalue weighted by Gasteiger charge is 2.24. The standard InChI is InChI=1S/C15H25NO/c1-5-15(6-2,11-16)17-10-14-8-12(3)7-13(4)9-14/h7-9H,5-6,10-11,16H2,1-4H3. The lowest BCUT2D eigenvalue weighted by Crippen LogP contribution is -2.39. The molecule has 1 rings (SSSR count). The monoisotopic (exact) mass is 235 g/mol. The molecule has 2 heteroatoms. The Morgan fingerprint density at radius 3 is 2.00 bits per heavy atom. The van der Waals surface area contributed by atoms with Gasteiger partial charge in [-0.15, -0.1) is 0 Å². The minimum Gasteiger partial charge on any atom is -0.369 e. The molecule has 0 radical (unpaired) electrons. The van der Waals surface area contributed by atoms with Crippen LogP contribution in [0.2, 0.25) is 0 Å². The summed E-state index contributed by atoms with van der Waals surface area (Å²) in [5.41, 5.74) is 9.48. The van der Waals surface area contributed by atoms with Crippen molar-refractivity contribution in [1.82, 2.24) is 0 Å². The Morgan fingerprint density at radius 1 is 1.06 bits per heavy atom. The van der Waals surface area contributed by atoms with E-state index in [1.165, 1.54) is 16.7 Å². The van der Waals surface area contributed by atoms with Gasteiger partial charge in [-0.3, -0.25) is 0 Å². The first-order chi connectivity index (χ1) is 8.05. The fourth-order valence-electron chi connectivity index (χ4n) is 2.19. The van der Waals surface area contributed by atoms with Crippen molar-refractivity contribution < 1.29 is 4.74 Å². The number of aryl methyl sites for hydroxylation is 2. The lowest BCUT2D eigenvalue weighted by molar-refractivity contribution is -0.0553. The summed E-state index contributed by atoms with van der Waals surface area (Å²) in [4.78, 5) is 0. The highest BCUT2D eigenvalue weighted by atomic mass is 16.5.